The molecular formula is C15H14F6N4O3S. The van der Waals surface area contributed by atoms with Crippen LogP contribution < -0.4 is 10.0 Å². The second-order valence-electron chi connectivity index (χ2n) is 5.88. The van der Waals surface area contributed by atoms with Gasteiger partial charge in [0.25, 0.3) is 12.3 Å². The van der Waals surface area contributed by atoms with Gasteiger partial charge < -0.3 is 9.88 Å². The molecule has 0 saturated carbocycles. The van der Waals surface area contributed by atoms with Gasteiger partial charge in [0.1, 0.15) is 22.3 Å². The molecule has 2 heterocycles. The standard InChI is InChI=1S/C15H14F6N4O3S/c1-7(15(19,20)21)24-29(27,28)10-6-25(2)12(11(10)16)14(26)23-8-3-4-22-9(5-8)13(17)18/h3-7,13,24H,1-2H3,(H,22,23,26)/t7-/m1/s1. The number of amides is 1. The number of pyridine rings is 1. The third-order valence-electron chi connectivity index (χ3n) is 3.68. The van der Waals surface area contributed by atoms with Gasteiger partial charge in [0.2, 0.25) is 10.0 Å². The Morgan fingerprint density at radius 3 is 2.45 bits per heavy atom. The summed E-state index contributed by atoms with van der Waals surface area (Å²) in [4.78, 5) is 14.5. The van der Waals surface area contributed by atoms with E-state index in [1.165, 1.54) is 4.72 Å². The number of rotatable bonds is 6. The summed E-state index contributed by atoms with van der Waals surface area (Å²) in [6.45, 7) is 0.524. The van der Waals surface area contributed by atoms with Crippen molar-refractivity contribution in [2.24, 2.45) is 7.05 Å². The van der Waals surface area contributed by atoms with E-state index in [1.54, 1.807) is 0 Å². The number of sulfonamides is 1. The van der Waals surface area contributed by atoms with E-state index in [2.05, 4.69) is 10.3 Å². The van der Waals surface area contributed by atoms with Crippen LogP contribution in [-0.2, 0) is 17.1 Å². The minimum Gasteiger partial charge on any atom is -0.343 e. The molecule has 29 heavy (non-hydrogen) atoms. The quantitative estimate of drug-likeness (QED) is 0.670. The SMILES string of the molecule is C[C@@H](NS(=O)(=O)c1cn(C)c(C(=O)Nc2ccnc(C(F)F)c2)c1F)C(F)(F)F. The molecule has 14 heteroatoms. The summed E-state index contributed by atoms with van der Waals surface area (Å²) < 4.78 is 104. The zero-order valence-electron chi connectivity index (χ0n) is 14.8. The highest BCUT2D eigenvalue weighted by Gasteiger charge is 2.40. The van der Waals surface area contributed by atoms with Crippen molar-refractivity contribution < 1.29 is 39.6 Å². The molecule has 2 aromatic heterocycles. The fourth-order valence-corrected chi connectivity index (χ4v) is 3.57. The molecule has 160 valence electrons. The average molecular weight is 444 g/mol. The number of alkyl halides is 5. The smallest absolute Gasteiger partial charge is 0.343 e. The third-order valence-corrected chi connectivity index (χ3v) is 5.21. The molecule has 2 aromatic rings. The molecule has 2 N–H and O–H groups in total. The molecule has 0 saturated heterocycles. The molecular weight excluding hydrogens is 430 g/mol. The Morgan fingerprint density at radius 1 is 1.28 bits per heavy atom. The second-order valence-corrected chi connectivity index (χ2v) is 7.56. The molecule has 0 aliphatic heterocycles. The van der Waals surface area contributed by atoms with E-state index in [-0.39, 0.29) is 5.69 Å². The fraction of sp³-hybridized carbons (Fsp3) is 0.333. The Labute approximate surface area is 160 Å². The Morgan fingerprint density at radius 2 is 1.90 bits per heavy atom. The Bertz CT molecular complexity index is 1020. The number of hydrogen-bond acceptors (Lipinski definition) is 4. The van der Waals surface area contributed by atoms with Crippen molar-refractivity contribution in [1.82, 2.24) is 14.3 Å². The second kappa shape index (κ2) is 8.02. The lowest BCUT2D eigenvalue weighted by atomic mass is 10.3. The van der Waals surface area contributed by atoms with Gasteiger partial charge in [-0.3, -0.25) is 9.78 Å². The molecule has 0 radical (unpaired) electrons. The summed E-state index contributed by atoms with van der Waals surface area (Å²) >= 11 is 0. The van der Waals surface area contributed by atoms with Gasteiger partial charge in [0, 0.05) is 25.1 Å². The maximum absolute atomic E-state index is 14.6. The topological polar surface area (TPSA) is 93.1 Å². The minimum absolute atomic E-state index is 0.172. The van der Waals surface area contributed by atoms with Crippen molar-refractivity contribution >= 4 is 21.6 Å². The van der Waals surface area contributed by atoms with Crippen LogP contribution in [0.4, 0.5) is 32.0 Å². The third kappa shape index (κ3) is 5.06. The van der Waals surface area contributed by atoms with E-state index in [0.717, 1.165) is 29.9 Å². The van der Waals surface area contributed by atoms with Gasteiger partial charge >= 0.3 is 6.18 Å². The summed E-state index contributed by atoms with van der Waals surface area (Å²) in [6, 6.07) is -0.545. The van der Waals surface area contributed by atoms with Crippen LogP contribution in [0.2, 0.25) is 0 Å². The number of carbonyl (C=O) groups excluding carboxylic acids is 1. The number of hydrogen-bond donors (Lipinski definition) is 2. The first kappa shape index (κ1) is 22.7. The van der Waals surface area contributed by atoms with Gasteiger partial charge in [-0.2, -0.15) is 17.9 Å². The van der Waals surface area contributed by atoms with Crippen molar-refractivity contribution in [2.75, 3.05) is 5.32 Å². The monoisotopic (exact) mass is 444 g/mol. The van der Waals surface area contributed by atoms with E-state index >= 15 is 0 Å². The molecule has 0 spiro atoms. The molecule has 0 aromatic carbocycles. The summed E-state index contributed by atoms with van der Waals surface area (Å²) in [6.07, 6.45) is -6.26. The molecule has 0 fully saturated rings. The van der Waals surface area contributed by atoms with Crippen LogP contribution in [0.15, 0.2) is 29.4 Å². The Hall–Kier alpha value is -2.61. The summed E-state index contributed by atoms with van der Waals surface area (Å²) in [5.74, 6) is -2.81. The minimum atomic E-state index is -4.95. The number of carbonyl (C=O) groups is 1. The van der Waals surface area contributed by atoms with Gasteiger partial charge in [0.05, 0.1) is 0 Å². The number of nitrogens with one attached hydrogen (secondary N) is 2. The maximum atomic E-state index is 14.6. The summed E-state index contributed by atoms with van der Waals surface area (Å²) in [5, 5.41) is 2.10. The Kier molecular flexibility index (Phi) is 6.27. The van der Waals surface area contributed by atoms with Gasteiger partial charge in [0.15, 0.2) is 5.82 Å². The molecule has 2 rings (SSSR count). The molecule has 0 aliphatic carbocycles. The lowest BCUT2D eigenvalue weighted by Gasteiger charge is -2.16. The highest BCUT2D eigenvalue weighted by molar-refractivity contribution is 7.89. The predicted molar refractivity (Wildman–Crippen MR) is 88.4 cm³/mol. The van der Waals surface area contributed by atoms with Gasteiger partial charge in [-0.25, -0.2) is 21.6 Å². The highest BCUT2D eigenvalue weighted by Crippen LogP contribution is 2.25. The van der Waals surface area contributed by atoms with Crippen molar-refractivity contribution in [3.05, 3.63) is 41.7 Å². The van der Waals surface area contributed by atoms with Crippen LogP contribution in [-0.4, -0.2) is 36.1 Å². The highest BCUT2D eigenvalue weighted by atomic mass is 32.2. The number of anilines is 1. The number of aromatic nitrogens is 2. The van der Waals surface area contributed by atoms with Crippen LogP contribution in [0, 0.1) is 5.82 Å². The normalized spacial score (nSPS) is 13.6. The zero-order valence-corrected chi connectivity index (χ0v) is 15.6. The molecule has 1 amide bonds. The van der Waals surface area contributed by atoms with Crippen LogP contribution in [0.3, 0.4) is 0 Å². The van der Waals surface area contributed by atoms with Crippen LogP contribution in [0.25, 0.3) is 0 Å². The summed E-state index contributed by atoms with van der Waals surface area (Å²) in [7, 11) is -3.87. The van der Waals surface area contributed by atoms with Crippen LogP contribution >= 0.6 is 0 Å². The molecule has 7 nitrogen and oxygen atoms in total. The zero-order chi connectivity index (χ0) is 22.1. The number of aryl methyl sites for hydroxylation is 1. The van der Waals surface area contributed by atoms with E-state index in [4.69, 9.17) is 0 Å². The van der Waals surface area contributed by atoms with Gasteiger partial charge in [-0.1, -0.05) is 0 Å². The first-order valence-electron chi connectivity index (χ1n) is 7.73. The Balaban J connectivity index is 2.33. The van der Waals surface area contributed by atoms with E-state index in [1.807, 2.05) is 0 Å². The van der Waals surface area contributed by atoms with Crippen molar-refractivity contribution in [2.45, 2.75) is 30.5 Å². The van der Waals surface area contributed by atoms with Crippen molar-refractivity contribution in [3.63, 3.8) is 0 Å². The van der Waals surface area contributed by atoms with Crippen LogP contribution in [0.5, 0.6) is 0 Å². The van der Waals surface area contributed by atoms with E-state index in [9.17, 15) is 39.6 Å². The maximum Gasteiger partial charge on any atom is 0.404 e. The first-order chi connectivity index (χ1) is 13.2. The van der Waals surface area contributed by atoms with E-state index < -0.39 is 56.7 Å². The predicted octanol–water partition coefficient (Wildman–Crippen LogP) is 2.98. The van der Waals surface area contributed by atoms with E-state index in [0.29, 0.717) is 13.1 Å². The molecule has 1 atom stereocenters. The van der Waals surface area contributed by atoms with Crippen LogP contribution in [0.1, 0.15) is 29.5 Å². The molecule has 0 aliphatic rings. The van der Waals surface area contributed by atoms with Crippen molar-refractivity contribution in [1.29, 1.82) is 0 Å². The average Bonchev–Trinajstić information content (AvgIpc) is 2.89. The first-order valence-corrected chi connectivity index (χ1v) is 9.21. The lowest BCUT2D eigenvalue weighted by molar-refractivity contribution is -0.147. The summed E-state index contributed by atoms with van der Waals surface area (Å²) in [5.41, 5.74) is -1.67. The number of halogens is 6. The molecule has 0 unspecified atom stereocenters. The van der Waals surface area contributed by atoms with Crippen molar-refractivity contribution in [3.8, 4) is 0 Å². The molecule has 0 bridgehead atoms. The lowest BCUT2D eigenvalue weighted by Crippen LogP contribution is -2.43. The van der Waals surface area contributed by atoms with Gasteiger partial charge in [-0.15, -0.1) is 0 Å². The number of nitrogens with zero attached hydrogens (tertiary/aromatic N) is 2. The fourth-order valence-electron chi connectivity index (χ4n) is 2.21. The van der Waals surface area contributed by atoms with Gasteiger partial charge in [-0.05, 0) is 19.1 Å². The largest absolute Gasteiger partial charge is 0.404 e.